The molecular formula is C17H17F4NO4P-. The average molecular weight is 406 g/mol. The van der Waals surface area contributed by atoms with E-state index in [0.717, 1.165) is 18.2 Å². The van der Waals surface area contributed by atoms with E-state index in [1.165, 1.54) is 39.0 Å². The predicted octanol–water partition coefficient (Wildman–Crippen LogP) is 5.23. The van der Waals surface area contributed by atoms with Crippen LogP contribution >= 0.6 is 7.60 Å². The van der Waals surface area contributed by atoms with Gasteiger partial charge in [-0.2, -0.15) is 13.2 Å². The van der Waals surface area contributed by atoms with Crippen molar-refractivity contribution in [2.45, 2.75) is 38.5 Å². The summed E-state index contributed by atoms with van der Waals surface area (Å²) in [4.78, 5) is 15.6. The number of benzene rings is 1. The van der Waals surface area contributed by atoms with Crippen LogP contribution in [0.2, 0.25) is 0 Å². The van der Waals surface area contributed by atoms with E-state index in [2.05, 4.69) is 4.98 Å². The Morgan fingerprint density at radius 1 is 1.15 bits per heavy atom. The monoisotopic (exact) mass is 406 g/mol. The lowest BCUT2D eigenvalue weighted by Crippen LogP contribution is -2.23. The molecule has 1 aromatic carbocycles. The Labute approximate surface area is 153 Å². The van der Waals surface area contributed by atoms with Gasteiger partial charge in [0.1, 0.15) is 5.75 Å². The van der Waals surface area contributed by atoms with Crippen molar-refractivity contribution in [3.63, 3.8) is 0 Å². The minimum Gasteiger partial charge on any atom is -0.776 e. The van der Waals surface area contributed by atoms with Gasteiger partial charge < -0.3 is 18.7 Å². The predicted molar refractivity (Wildman–Crippen MR) is 88.0 cm³/mol. The van der Waals surface area contributed by atoms with E-state index in [0.29, 0.717) is 6.20 Å². The Morgan fingerprint density at radius 2 is 1.81 bits per heavy atom. The molecule has 0 spiro atoms. The van der Waals surface area contributed by atoms with Crippen LogP contribution in [0.3, 0.4) is 0 Å². The molecule has 2 aromatic rings. The Kier molecular flexibility index (Phi) is 5.99. The van der Waals surface area contributed by atoms with Crippen LogP contribution in [-0.2, 0) is 15.3 Å². The molecule has 0 aliphatic rings. The molecule has 5 nitrogen and oxygen atoms in total. The molecule has 27 heavy (non-hydrogen) atoms. The molecule has 1 aromatic heterocycles. The molecule has 0 saturated carbocycles. The standard InChI is InChI=1S/C17H18F4NO4P/c1-16(2,3)26-27(23,24)15(18)11-5-4-6-13(9-11)25-14-8-7-12(10-22-14)17(19,20)21/h4-10,15H,1-3H3,(H,23,24)/p-1. The number of alkyl halides is 4. The topological polar surface area (TPSA) is 71.5 Å². The maximum absolute atomic E-state index is 14.4. The third-order valence-corrected chi connectivity index (χ3v) is 4.75. The number of rotatable bonds is 5. The molecule has 2 unspecified atom stereocenters. The van der Waals surface area contributed by atoms with Crippen LogP contribution in [0.25, 0.3) is 0 Å². The first-order valence-corrected chi connectivity index (χ1v) is 9.36. The Balaban J connectivity index is 2.19. The van der Waals surface area contributed by atoms with Crippen molar-refractivity contribution < 1.29 is 36.3 Å². The minimum absolute atomic E-state index is 0.0122. The summed E-state index contributed by atoms with van der Waals surface area (Å²) >= 11 is 0. The largest absolute Gasteiger partial charge is 0.776 e. The lowest BCUT2D eigenvalue weighted by molar-refractivity contribution is -0.213. The van der Waals surface area contributed by atoms with Gasteiger partial charge in [-0.1, -0.05) is 12.1 Å². The van der Waals surface area contributed by atoms with E-state index >= 15 is 0 Å². The molecular weight excluding hydrogens is 389 g/mol. The number of nitrogens with zero attached hydrogens (tertiary/aromatic N) is 1. The number of hydrogen-bond donors (Lipinski definition) is 0. The van der Waals surface area contributed by atoms with Gasteiger partial charge in [0.25, 0.3) is 0 Å². The number of pyridine rings is 1. The molecule has 0 aliphatic carbocycles. The molecule has 148 valence electrons. The smallest absolute Gasteiger partial charge is 0.417 e. The number of ether oxygens (including phenoxy) is 1. The maximum atomic E-state index is 14.4. The first kappa shape index (κ1) is 21.3. The van der Waals surface area contributed by atoms with Gasteiger partial charge in [0.05, 0.1) is 11.2 Å². The Bertz CT molecular complexity index is 834. The average Bonchev–Trinajstić information content (AvgIpc) is 2.52. The quantitative estimate of drug-likeness (QED) is 0.502. The summed E-state index contributed by atoms with van der Waals surface area (Å²) in [6.45, 7) is 4.42. The lowest BCUT2D eigenvalue weighted by atomic mass is 10.2. The van der Waals surface area contributed by atoms with Crippen molar-refractivity contribution >= 4 is 7.60 Å². The van der Waals surface area contributed by atoms with Crippen molar-refractivity contribution in [3.05, 3.63) is 53.7 Å². The van der Waals surface area contributed by atoms with E-state index in [9.17, 15) is 27.0 Å². The zero-order valence-electron chi connectivity index (χ0n) is 14.7. The molecule has 0 fully saturated rings. The van der Waals surface area contributed by atoms with E-state index in [4.69, 9.17) is 9.26 Å². The summed E-state index contributed by atoms with van der Waals surface area (Å²) in [5.74, 6) is -2.58. The molecule has 2 atom stereocenters. The molecule has 2 rings (SSSR count). The van der Waals surface area contributed by atoms with Gasteiger partial charge in [-0.25, -0.2) is 9.37 Å². The minimum atomic E-state index is -4.87. The summed E-state index contributed by atoms with van der Waals surface area (Å²) in [6.07, 6.45) is -3.94. The van der Waals surface area contributed by atoms with Crippen LogP contribution < -0.4 is 9.63 Å². The summed E-state index contributed by atoms with van der Waals surface area (Å²) < 4.78 is 74.1. The highest BCUT2D eigenvalue weighted by Crippen LogP contribution is 2.56. The van der Waals surface area contributed by atoms with Gasteiger partial charge in [-0.3, -0.25) is 0 Å². The third kappa shape index (κ3) is 6.02. The summed E-state index contributed by atoms with van der Waals surface area (Å²) in [5.41, 5.74) is -2.28. The van der Waals surface area contributed by atoms with Crippen molar-refractivity contribution in [1.29, 1.82) is 0 Å². The second-order valence-corrected chi connectivity index (χ2v) is 8.35. The van der Waals surface area contributed by atoms with E-state index < -0.39 is 30.8 Å². The highest BCUT2D eigenvalue weighted by Gasteiger charge is 2.31. The highest BCUT2D eigenvalue weighted by atomic mass is 31.2. The third-order valence-electron chi connectivity index (χ3n) is 3.10. The van der Waals surface area contributed by atoms with Gasteiger partial charge in [-0.05, 0) is 44.5 Å². The van der Waals surface area contributed by atoms with Crippen LogP contribution in [0.4, 0.5) is 17.6 Å². The highest BCUT2D eigenvalue weighted by molar-refractivity contribution is 7.51. The van der Waals surface area contributed by atoms with Crippen LogP contribution in [-0.4, -0.2) is 10.6 Å². The van der Waals surface area contributed by atoms with Gasteiger partial charge >= 0.3 is 6.18 Å². The van der Waals surface area contributed by atoms with E-state index in [-0.39, 0.29) is 17.2 Å². The zero-order chi connectivity index (χ0) is 20.5. The van der Waals surface area contributed by atoms with E-state index in [1.54, 1.807) is 0 Å². The van der Waals surface area contributed by atoms with Crippen LogP contribution in [0.15, 0.2) is 42.6 Å². The van der Waals surface area contributed by atoms with Crippen molar-refractivity contribution in [1.82, 2.24) is 4.98 Å². The van der Waals surface area contributed by atoms with Crippen LogP contribution in [0, 0.1) is 0 Å². The van der Waals surface area contributed by atoms with Gasteiger partial charge in [0, 0.05) is 12.3 Å². The second-order valence-electron chi connectivity index (χ2n) is 6.64. The fraction of sp³-hybridized carbons (Fsp3) is 0.353. The number of aromatic nitrogens is 1. The van der Waals surface area contributed by atoms with Crippen LogP contribution in [0.5, 0.6) is 11.6 Å². The van der Waals surface area contributed by atoms with E-state index in [1.807, 2.05) is 0 Å². The Morgan fingerprint density at radius 3 is 2.33 bits per heavy atom. The fourth-order valence-corrected chi connectivity index (χ4v) is 3.45. The molecule has 0 aliphatic heterocycles. The molecule has 0 bridgehead atoms. The molecule has 0 N–H and O–H groups in total. The molecule has 0 radical (unpaired) electrons. The van der Waals surface area contributed by atoms with Gasteiger partial charge in [-0.15, -0.1) is 0 Å². The number of hydrogen-bond acceptors (Lipinski definition) is 5. The first-order chi connectivity index (χ1) is 12.3. The first-order valence-electron chi connectivity index (χ1n) is 7.74. The van der Waals surface area contributed by atoms with Gasteiger partial charge in [0.2, 0.25) is 5.88 Å². The Hall–Kier alpha value is -1.96. The molecule has 0 saturated heterocycles. The summed E-state index contributed by atoms with van der Waals surface area (Å²) in [5, 5.41) is 0. The number of halogens is 4. The second kappa shape index (κ2) is 7.58. The van der Waals surface area contributed by atoms with Crippen LogP contribution in [0.1, 0.15) is 37.8 Å². The molecule has 0 amide bonds. The molecule has 1 heterocycles. The van der Waals surface area contributed by atoms with Crippen molar-refractivity contribution in [2.24, 2.45) is 0 Å². The maximum Gasteiger partial charge on any atom is 0.417 e. The van der Waals surface area contributed by atoms with Gasteiger partial charge in [0.15, 0.2) is 13.5 Å². The fourth-order valence-electron chi connectivity index (χ4n) is 2.07. The SMILES string of the molecule is CC(C)(C)OP(=O)([O-])C(F)c1cccc(Oc2ccc(C(F)(F)F)cn2)c1. The molecule has 10 heteroatoms. The summed E-state index contributed by atoms with van der Waals surface area (Å²) in [6, 6.07) is 6.86. The normalized spacial score (nSPS) is 15.9. The zero-order valence-corrected chi connectivity index (χ0v) is 15.6. The summed E-state index contributed by atoms with van der Waals surface area (Å²) in [7, 11) is -4.87. The van der Waals surface area contributed by atoms with Crippen molar-refractivity contribution in [2.75, 3.05) is 0 Å². The lowest BCUT2D eigenvalue weighted by Gasteiger charge is -2.33. The van der Waals surface area contributed by atoms with Crippen molar-refractivity contribution in [3.8, 4) is 11.6 Å².